The normalized spacial score (nSPS) is 18.7. The third kappa shape index (κ3) is 2.07. The molecule has 0 amide bonds. The SMILES string of the molecule is CC1Cc2cc(CCCN)c(O)cc2O1. The summed E-state index contributed by atoms with van der Waals surface area (Å²) in [5.74, 6) is 1.16. The third-order valence-electron chi connectivity index (χ3n) is 2.75. The van der Waals surface area contributed by atoms with Crippen molar-refractivity contribution in [3.8, 4) is 11.5 Å². The average molecular weight is 207 g/mol. The molecule has 1 aliphatic heterocycles. The van der Waals surface area contributed by atoms with Gasteiger partial charge in [-0.2, -0.15) is 0 Å². The Balaban J connectivity index is 2.23. The van der Waals surface area contributed by atoms with Crippen LogP contribution in [0.4, 0.5) is 0 Å². The van der Waals surface area contributed by atoms with Gasteiger partial charge < -0.3 is 15.6 Å². The highest BCUT2D eigenvalue weighted by atomic mass is 16.5. The lowest BCUT2D eigenvalue weighted by atomic mass is 10.0. The van der Waals surface area contributed by atoms with E-state index in [0.29, 0.717) is 12.3 Å². The molecule has 82 valence electrons. The zero-order valence-corrected chi connectivity index (χ0v) is 8.99. The van der Waals surface area contributed by atoms with Gasteiger partial charge in [-0.1, -0.05) is 0 Å². The number of hydrogen-bond donors (Lipinski definition) is 2. The molecule has 0 fully saturated rings. The first kappa shape index (κ1) is 10.3. The Morgan fingerprint density at radius 1 is 1.53 bits per heavy atom. The number of fused-ring (bicyclic) bond motifs is 1. The van der Waals surface area contributed by atoms with Crippen LogP contribution >= 0.6 is 0 Å². The molecule has 0 spiro atoms. The Hall–Kier alpha value is -1.22. The fraction of sp³-hybridized carbons (Fsp3) is 0.500. The Kier molecular flexibility index (Phi) is 2.82. The van der Waals surface area contributed by atoms with Crippen LogP contribution < -0.4 is 10.5 Å². The molecular formula is C12H17NO2. The quantitative estimate of drug-likeness (QED) is 0.791. The maximum absolute atomic E-state index is 9.77. The number of aryl methyl sites for hydroxylation is 1. The summed E-state index contributed by atoms with van der Waals surface area (Å²) in [5, 5.41) is 9.77. The van der Waals surface area contributed by atoms with E-state index >= 15 is 0 Å². The lowest BCUT2D eigenvalue weighted by Gasteiger charge is -2.06. The van der Waals surface area contributed by atoms with E-state index in [2.05, 4.69) is 0 Å². The topological polar surface area (TPSA) is 55.5 Å². The fourth-order valence-electron chi connectivity index (χ4n) is 2.00. The first-order chi connectivity index (χ1) is 7.20. The van der Waals surface area contributed by atoms with Crippen molar-refractivity contribution in [3.05, 3.63) is 23.3 Å². The highest BCUT2D eigenvalue weighted by molar-refractivity contribution is 5.48. The van der Waals surface area contributed by atoms with Crippen molar-refractivity contribution < 1.29 is 9.84 Å². The fourth-order valence-corrected chi connectivity index (χ4v) is 2.00. The van der Waals surface area contributed by atoms with Crippen molar-refractivity contribution in [2.24, 2.45) is 5.73 Å². The Bertz CT molecular complexity index is 363. The van der Waals surface area contributed by atoms with E-state index in [1.54, 1.807) is 6.07 Å². The van der Waals surface area contributed by atoms with Crippen LogP contribution in [-0.2, 0) is 12.8 Å². The molecule has 0 saturated carbocycles. The van der Waals surface area contributed by atoms with Gasteiger partial charge in [-0.3, -0.25) is 0 Å². The summed E-state index contributed by atoms with van der Waals surface area (Å²) in [6, 6.07) is 3.77. The number of benzene rings is 1. The number of rotatable bonds is 3. The van der Waals surface area contributed by atoms with Gasteiger partial charge in [-0.15, -0.1) is 0 Å². The van der Waals surface area contributed by atoms with Gasteiger partial charge in [0.05, 0.1) is 0 Å². The molecule has 15 heavy (non-hydrogen) atoms. The van der Waals surface area contributed by atoms with E-state index in [1.807, 2.05) is 13.0 Å². The smallest absolute Gasteiger partial charge is 0.126 e. The molecular weight excluding hydrogens is 190 g/mol. The van der Waals surface area contributed by atoms with E-state index in [-0.39, 0.29) is 6.10 Å². The first-order valence-corrected chi connectivity index (χ1v) is 5.42. The van der Waals surface area contributed by atoms with E-state index in [1.165, 1.54) is 5.56 Å². The van der Waals surface area contributed by atoms with Crippen molar-refractivity contribution >= 4 is 0 Å². The molecule has 1 aliphatic rings. The van der Waals surface area contributed by atoms with Crippen LogP contribution in [0.2, 0.25) is 0 Å². The van der Waals surface area contributed by atoms with Gasteiger partial charge in [0.2, 0.25) is 0 Å². The van der Waals surface area contributed by atoms with Gasteiger partial charge in [0.15, 0.2) is 0 Å². The van der Waals surface area contributed by atoms with E-state index in [9.17, 15) is 5.11 Å². The van der Waals surface area contributed by atoms with Crippen LogP contribution in [0.1, 0.15) is 24.5 Å². The second kappa shape index (κ2) is 4.11. The van der Waals surface area contributed by atoms with Crippen molar-refractivity contribution in [1.29, 1.82) is 0 Å². The monoisotopic (exact) mass is 207 g/mol. The highest BCUT2D eigenvalue weighted by Crippen LogP contribution is 2.34. The molecule has 0 aliphatic carbocycles. The molecule has 0 radical (unpaired) electrons. The molecule has 1 unspecified atom stereocenters. The molecule has 0 bridgehead atoms. The molecule has 0 aromatic heterocycles. The van der Waals surface area contributed by atoms with Crippen molar-refractivity contribution in [2.45, 2.75) is 32.3 Å². The van der Waals surface area contributed by atoms with Crippen LogP contribution in [0, 0.1) is 0 Å². The highest BCUT2D eigenvalue weighted by Gasteiger charge is 2.20. The summed E-state index contributed by atoms with van der Waals surface area (Å²) in [6.07, 6.45) is 2.90. The van der Waals surface area contributed by atoms with Crippen LogP contribution in [-0.4, -0.2) is 17.8 Å². The zero-order chi connectivity index (χ0) is 10.8. The maximum atomic E-state index is 9.77. The molecule has 3 nitrogen and oxygen atoms in total. The minimum atomic E-state index is 0.226. The summed E-state index contributed by atoms with van der Waals surface area (Å²) in [5.41, 5.74) is 7.64. The first-order valence-electron chi connectivity index (χ1n) is 5.42. The van der Waals surface area contributed by atoms with Gasteiger partial charge in [-0.25, -0.2) is 0 Å². The van der Waals surface area contributed by atoms with Crippen LogP contribution in [0.15, 0.2) is 12.1 Å². The molecule has 3 heteroatoms. The lowest BCUT2D eigenvalue weighted by molar-refractivity contribution is 0.254. The van der Waals surface area contributed by atoms with Gasteiger partial charge in [0.25, 0.3) is 0 Å². The van der Waals surface area contributed by atoms with E-state index in [4.69, 9.17) is 10.5 Å². The standard InChI is InChI=1S/C12H17NO2/c1-8-5-10-6-9(3-2-4-13)11(14)7-12(10)15-8/h6-8,14H,2-5,13H2,1H3. The van der Waals surface area contributed by atoms with E-state index in [0.717, 1.165) is 30.6 Å². The maximum Gasteiger partial charge on any atom is 0.126 e. The van der Waals surface area contributed by atoms with Gasteiger partial charge in [0, 0.05) is 12.5 Å². The molecule has 2 rings (SSSR count). The van der Waals surface area contributed by atoms with E-state index < -0.39 is 0 Å². The van der Waals surface area contributed by atoms with Crippen LogP contribution in [0.3, 0.4) is 0 Å². The van der Waals surface area contributed by atoms with Crippen molar-refractivity contribution in [2.75, 3.05) is 6.54 Å². The number of phenolic OH excluding ortho intramolecular Hbond substituents is 1. The second-order valence-electron chi connectivity index (χ2n) is 4.11. The minimum absolute atomic E-state index is 0.226. The predicted octanol–water partition coefficient (Wildman–Crippen LogP) is 1.61. The summed E-state index contributed by atoms with van der Waals surface area (Å²) < 4.78 is 5.56. The number of phenols is 1. The number of hydrogen-bond acceptors (Lipinski definition) is 3. The lowest BCUT2D eigenvalue weighted by Crippen LogP contribution is -2.05. The van der Waals surface area contributed by atoms with Crippen molar-refractivity contribution in [1.82, 2.24) is 0 Å². The van der Waals surface area contributed by atoms with Crippen LogP contribution in [0.5, 0.6) is 11.5 Å². The summed E-state index contributed by atoms with van der Waals surface area (Å²) in [6.45, 7) is 2.69. The molecule has 1 aromatic rings. The predicted molar refractivity (Wildman–Crippen MR) is 59.3 cm³/mol. The van der Waals surface area contributed by atoms with Crippen molar-refractivity contribution in [3.63, 3.8) is 0 Å². The summed E-state index contributed by atoms with van der Waals surface area (Å²) >= 11 is 0. The molecule has 1 aromatic carbocycles. The molecule has 0 saturated heterocycles. The average Bonchev–Trinajstić information content (AvgIpc) is 2.53. The van der Waals surface area contributed by atoms with Gasteiger partial charge >= 0.3 is 0 Å². The third-order valence-corrected chi connectivity index (χ3v) is 2.75. The summed E-state index contributed by atoms with van der Waals surface area (Å²) in [4.78, 5) is 0. The van der Waals surface area contributed by atoms with Gasteiger partial charge in [0.1, 0.15) is 17.6 Å². The minimum Gasteiger partial charge on any atom is -0.508 e. The molecule has 3 N–H and O–H groups in total. The molecule has 1 heterocycles. The zero-order valence-electron chi connectivity index (χ0n) is 8.99. The largest absolute Gasteiger partial charge is 0.508 e. The number of nitrogens with two attached hydrogens (primary N) is 1. The number of ether oxygens (including phenoxy) is 1. The van der Waals surface area contributed by atoms with Crippen LogP contribution in [0.25, 0.3) is 0 Å². The number of aromatic hydroxyl groups is 1. The Morgan fingerprint density at radius 3 is 3.07 bits per heavy atom. The summed E-state index contributed by atoms with van der Waals surface area (Å²) in [7, 11) is 0. The Labute approximate surface area is 89.9 Å². The Morgan fingerprint density at radius 2 is 2.33 bits per heavy atom. The second-order valence-corrected chi connectivity index (χ2v) is 4.11. The molecule has 1 atom stereocenters. The van der Waals surface area contributed by atoms with Gasteiger partial charge in [-0.05, 0) is 43.5 Å².